The Morgan fingerprint density at radius 1 is 1.44 bits per heavy atom. The molecule has 1 aromatic rings. The second-order valence-corrected chi connectivity index (χ2v) is 4.63. The number of nitrogens with two attached hydrogens (primary N) is 1. The fourth-order valence-corrected chi connectivity index (χ4v) is 1.29. The molecule has 0 atom stereocenters. The summed E-state index contributed by atoms with van der Waals surface area (Å²) in [6.45, 7) is 4.02. The zero-order valence-electron chi connectivity index (χ0n) is 10.9. The van der Waals surface area contributed by atoms with Gasteiger partial charge in [0.05, 0.1) is 12.2 Å². The van der Waals surface area contributed by atoms with Gasteiger partial charge in [0.15, 0.2) is 0 Å². The van der Waals surface area contributed by atoms with Crippen molar-refractivity contribution in [2.24, 2.45) is 0 Å². The molecule has 5 nitrogen and oxygen atoms in total. The molecule has 0 radical (unpaired) electrons. The minimum absolute atomic E-state index is 0.0743. The zero-order valence-corrected chi connectivity index (χ0v) is 10.9. The first-order valence-corrected chi connectivity index (χ1v) is 5.66. The number of esters is 1. The first-order valence-electron chi connectivity index (χ1n) is 5.66. The van der Waals surface area contributed by atoms with Gasteiger partial charge in [-0.15, -0.1) is 0 Å². The average molecular weight is 253 g/mol. The molecule has 0 saturated carbocycles. The van der Waals surface area contributed by atoms with Crippen LogP contribution in [0.5, 0.6) is 5.75 Å². The van der Waals surface area contributed by atoms with Gasteiger partial charge in [0.1, 0.15) is 11.3 Å². The third-order valence-electron chi connectivity index (χ3n) is 2.73. The number of phenolic OH excluding ortho intramolecular Hbond substituents is 1. The van der Waals surface area contributed by atoms with Gasteiger partial charge in [-0.3, -0.25) is 0 Å². The van der Waals surface area contributed by atoms with E-state index in [0.717, 1.165) is 0 Å². The van der Waals surface area contributed by atoms with Gasteiger partial charge in [-0.1, -0.05) is 0 Å². The molecule has 0 amide bonds. The fourth-order valence-electron chi connectivity index (χ4n) is 1.29. The first-order chi connectivity index (χ1) is 8.35. The van der Waals surface area contributed by atoms with Crippen LogP contribution in [0.1, 0.15) is 30.6 Å². The van der Waals surface area contributed by atoms with Gasteiger partial charge in [0, 0.05) is 19.2 Å². The highest BCUT2D eigenvalue weighted by Gasteiger charge is 2.18. The molecule has 0 aliphatic heterocycles. The monoisotopic (exact) mass is 253 g/mol. The Balaban J connectivity index is 2.58. The molecule has 0 aliphatic rings. The summed E-state index contributed by atoms with van der Waals surface area (Å²) in [5.41, 5.74) is 5.67. The molecule has 1 aromatic carbocycles. The molecule has 100 valence electrons. The Kier molecular flexibility index (Phi) is 4.55. The van der Waals surface area contributed by atoms with E-state index < -0.39 is 5.97 Å². The maximum atomic E-state index is 11.7. The van der Waals surface area contributed by atoms with Crippen LogP contribution in [0.3, 0.4) is 0 Å². The second kappa shape index (κ2) is 5.73. The van der Waals surface area contributed by atoms with Crippen molar-refractivity contribution in [2.45, 2.75) is 25.9 Å². The molecule has 3 N–H and O–H groups in total. The summed E-state index contributed by atoms with van der Waals surface area (Å²) in [5, 5.41) is 9.53. The standard InChI is InChI=1S/C13H19NO4/c1-13(2,17-3)6-7-18-12(16)10-8-9(14)4-5-11(10)15/h4-5,8,15H,6-7,14H2,1-3H3. The lowest BCUT2D eigenvalue weighted by atomic mass is 10.1. The second-order valence-electron chi connectivity index (χ2n) is 4.63. The Bertz CT molecular complexity index is 429. The molecular formula is C13H19NO4. The van der Waals surface area contributed by atoms with Crippen LogP contribution in [0.25, 0.3) is 0 Å². The summed E-state index contributed by atoms with van der Waals surface area (Å²) >= 11 is 0. The van der Waals surface area contributed by atoms with Crippen LogP contribution in [0.4, 0.5) is 5.69 Å². The highest BCUT2D eigenvalue weighted by Crippen LogP contribution is 2.21. The number of rotatable bonds is 5. The lowest BCUT2D eigenvalue weighted by molar-refractivity contribution is -0.00569. The van der Waals surface area contributed by atoms with E-state index in [4.69, 9.17) is 15.2 Å². The van der Waals surface area contributed by atoms with E-state index in [-0.39, 0.29) is 23.5 Å². The number of phenols is 1. The molecule has 5 heteroatoms. The molecule has 1 rings (SSSR count). The molecule has 0 spiro atoms. The van der Waals surface area contributed by atoms with Gasteiger partial charge < -0.3 is 20.3 Å². The zero-order chi connectivity index (χ0) is 13.8. The van der Waals surface area contributed by atoms with Crippen molar-refractivity contribution in [1.82, 2.24) is 0 Å². The normalized spacial score (nSPS) is 11.3. The minimum atomic E-state index is -0.591. The van der Waals surface area contributed by atoms with E-state index in [0.29, 0.717) is 12.1 Å². The molecule has 0 unspecified atom stereocenters. The lowest BCUT2D eigenvalue weighted by Gasteiger charge is -2.22. The number of hydrogen-bond donors (Lipinski definition) is 2. The van der Waals surface area contributed by atoms with Gasteiger partial charge in [-0.25, -0.2) is 4.79 Å². The van der Waals surface area contributed by atoms with Crippen molar-refractivity contribution in [1.29, 1.82) is 0 Å². The number of carbonyl (C=O) groups excluding carboxylic acids is 1. The Morgan fingerprint density at radius 3 is 2.72 bits per heavy atom. The average Bonchev–Trinajstić information content (AvgIpc) is 2.32. The van der Waals surface area contributed by atoms with Crippen molar-refractivity contribution < 1.29 is 19.4 Å². The van der Waals surface area contributed by atoms with Crippen LogP contribution >= 0.6 is 0 Å². The van der Waals surface area contributed by atoms with Crippen molar-refractivity contribution in [3.8, 4) is 5.75 Å². The van der Waals surface area contributed by atoms with E-state index in [9.17, 15) is 9.90 Å². The van der Waals surface area contributed by atoms with Gasteiger partial charge in [0.25, 0.3) is 0 Å². The van der Waals surface area contributed by atoms with Crippen LogP contribution in [-0.2, 0) is 9.47 Å². The van der Waals surface area contributed by atoms with Gasteiger partial charge in [-0.2, -0.15) is 0 Å². The number of nitrogen functional groups attached to an aromatic ring is 1. The van der Waals surface area contributed by atoms with Crippen LogP contribution in [0, 0.1) is 0 Å². The quantitative estimate of drug-likeness (QED) is 0.476. The summed E-state index contributed by atoms with van der Waals surface area (Å²) < 4.78 is 10.3. The maximum Gasteiger partial charge on any atom is 0.341 e. The number of methoxy groups -OCH3 is 1. The molecule has 0 heterocycles. The maximum absolute atomic E-state index is 11.7. The fraction of sp³-hybridized carbons (Fsp3) is 0.462. The highest BCUT2D eigenvalue weighted by molar-refractivity contribution is 5.93. The number of aromatic hydroxyl groups is 1. The molecular weight excluding hydrogens is 234 g/mol. The lowest BCUT2D eigenvalue weighted by Crippen LogP contribution is -2.25. The summed E-state index contributed by atoms with van der Waals surface area (Å²) in [7, 11) is 1.60. The number of benzene rings is 1. The smallest absolute Gasteiger partial charge is 0.341 e. The van der Waals surface area contributed by atoms with E-state index in [2.05, 4.69) is 0 Å². The summed E-state index contributed by atoms with van der Waals surface area (Å²) in [6.07, 6.45) is 0.568. The summed E-state index contributed by atoms with van der Waals surface area (Å²) in [5.74, 6) is -0.730. The Labute approximate surface area is 107 Å². The molecule has 0 fully saturated rings. The van der Waals surface area contributed by atoms with Crippen LogP contribution in [0.2, 0.25) is 0 Å². The minimum Gasteiger partial charge on any atom is -0.507 e. The van der Waals surface area contributed by atoms with Gasteiger partial charge in [0.2, 0.25) is 0 Å². The van der Waals surface area contributed by atoms with E-state index >= 15 is 0 Å². The van der Waals surface area contributed by atoms with Crippen LogP contribution in [0.15, 0.2) is 18.2 Å². The number of hydrogen-bond acceptors (Lipinski definition) is 5. The Morgan fingerprint density at radius 2 is 2.11 bits per heavy atom. The topological polar surface area (TPSA) is 81.8 Å². The number of ether oxygens (including phenoxy) is 2. The van der Waals surface area contributed by atoms with Crippen molar-refractivity contribution >= 4 is 11.7 Å². The highest BCUT2D eigenvalue weighted by atomic mass is 16.5. The SMILES string of the molecule is COC(C)(C)CCOC(=O)c1cc(N)ccc1O. The Hall–Kier alpha value is -1.75. The summed E-state index contributed by atoms with van der Waals surface area (Å²) in [4.78, 5) is 11.7. The molecule has 0 bridgehead atoms. The van der Waals surface area contributed by atoms with Crippen LogP contribution in [-0.4, -0.2) is 30.4 Å². The first kappa shape index (κ1) is 14.3. The predicted molar refractivity (Wildman–Crippen MR) is 68.5 cm³/mol. The molecule has 18 heavy (non-hydrogen) atoms. The van der Waals surface area contributed by atoms with Gasteiger partial charge >= 0.3 is 5.97 Å². The van der Waals surface area contributed by atoms with Gasteiger partial charge in [-0.05, 0) is 32.0 Å². The number of carbonyl (C=O) groups is 1. The van der Waals surface area contributed by atoms with E-state index in [1.54, 1.807) is 7.11 Å². The number of anilines is 1. The van der Waals surface area contributed by atoms with Crippen LogP contribution < -0.4 is 5.73 Å². The molecule has 0 aliphatic carbocycles. The largest absolute Gasteiger partial charge is 0.507 e. The van der Waals surface area contributed by atoms with E-state index in [1.807, 2.05) is 13.8 Å². The third kappa shape index (κ3) is 3.92. The molecule has 0 aromatic heterocycles. The van der Waals surface area contributed by atoms with Crippen molar-refractivity contribution in [3.05, 3.63) is 23.8 Å². The predicted octanol–water partition coefficient (Wildman–Crippen LogP) is 1.95. The third-order valence-corrected chi connectivity index (χ3v) is 2.73. The summed E-state index contributed by atoms with van der Waals surface area (Å²) in [6, 6.07) is 4.27. The van der Waals surface area contributed by atoms with E-state index in [1.165, 1.54) is 18.2 Å². The van der Waals surface area contributed by atoms with Crippen molar-refractivity contribution in [2.75, 3.05) is 19.5 Å². The van der Waals surface area contributed by atoms with Crippen molar-refractivity contribution in [3.63, 3.8) is 0 Å². The molecule has 0 saturated heterocycles.